The van der Waals surface area contributed by atoms with Crippen molar-refractivity contribution in [3.05, 3.63) is 45.8 Å². The van der Waals surface area contributed by atoms with Crippen LogP contribution in [-0.2, 0) is 10.0 Å². The van der Waals surface area contributed by atoms with Crippen LogP contribution in [0.15, 0.2) is 34.5 Å². The molecule has 0 spiro atoms. The molecule has 21 heavy (non-hydrogen) atoms. The van der Waals surface area contributed by atoms with E-state index in [4.69, 9.17) is 17.3 Å². The molecular formula is C14H13ClN2O2S2. The molecule has 110 valence electrons. The van der Waals surface area contributed by atoms with Gasteiger partial charge in [-0.3, -0.25) is 4.72 Å². The molecule has 0 aliphatic rings. The third kappa shape index (κ3) is 3.99. The maximum atomic E-state index is 12.2. The molecule has 1 aromatic heterocycles. The highest BCUT2D eigenvalue weighted by molar-refractivity contribution is 7.94. The Kier molecular flexibility index (Phi) is 4.91. The molecule has 0 aliphatic carbocycles. The number of benzene rings is 1. The Morgan fingerprint density at radius 3 is 2.52 bits per heavy atom. The zero-order valence-corrected chi connectivity index (χ0v) is 13.6. The van der Waals surface area contributed by atoms with Crippen molar-refractivity contribution in [2.24, 2.45) is 5.73 Å². The Bertz CT molecular complexity index is 780. The lowest BCUT2D eigenvalue weighted by atomic mass is 10.2. The summed E-state index contributed by atoms with van der Waals surface area (Å²) < 4.78 is 27.6. The summed E-state index contributed by atoms with van der Waals surface area (Å²) in [7, 11) is -3.62. The highest BCUT2D eigenvalue weighted by Gasteiger charge is 2.18. The molecule has 3 N–H and O–H groups in total. The molecule has 0 fully saturated rings. The topological polar surface area (TPSA) is 72.2 Å². The second-order valence-corrected chi connectivity index (χ2v) is 7.77. The molecule has 0 unspecified atom stereocenters. The number of anilines is 1. The first-order valence-electron chi connectivity index (χ1n) is 6.00. The van der Waals surface area contributed by atoms with E-state index in [2.05, 4.69) is 16.6 Å². The van der Waals surface area contributed by atoms with Crippen molar-refractivity contribution in [3.8, 4) is 11.8 Å². The SMILES string of the molecule is Cc1cc(S(=O)(=O)Nc2ccc(C#CCN)cc2)sc1Cl. The molecule has 0 aliphatic heterocycles. The largest absolute Gasteiger partial charge is 0.320 e. The Morgan fingerprint density at radius 1 is 1.33 bits per heavy atom. The highest BCUT2D eigenvalue weighted by Crippen LogP contribution is 2.31. The van der Waals surface area contributed by atoms with Crippen molar-refractivity contribution in [1.29, 1.82) is 0 Å². The summed E-state index contributed by atoms with van der Waals surface area (Å²) in [6.45, 7) is 2.05. The Balaban J connectivity index is 2.20. The van der Waals surface area contributed by atoms with Gasteiger partial charge in [-0.2, -0.15) is 0 Å². The zero-order chi connectivity index (χ0) is 15.5. The molecule has 0 bridgehead atoms. The lowest BCUT2D eigenvalue weighted by Crippen LogP contribution is -2.11. The number of hydrogen-bond donors (Lipinski definition) is 2. The molecule has 0 radical (unpaired) electrons. The number of hydrogen-bond acceptors (Lipinski definition) is 4. The molecule has 7 heteroatoms. The number of rotatable bonds is 3. The molecule has 0 atom stereocenters. The third-order valence-electron chi connectivity index (χ3n) is 2.57. The standard InChI is InChI=1S/C14H13ClN2O2S2/c1-10-9-13(20-14(10)15)21(18,19)17-12-6-4-11(5-7-12)3-2-8-16/h4-7,9,17H,8,16H2,1H3. The predicted molar refractivity (Wildman–Crippen MR) is 87.2 cm³/mol. The molecule has 2 aromatic rings. The van der Waals surface area contributed by atoms with Gasteiger partial charge >= 0.3 is 0 Å². The Morgan fingerprint density at radius 2 is 2.00 bits per heavy atom. The van der Waals surface area contributed by atoms with Gasteiger partial charge in [0, 0.05) is 11.3 Å². The van der Waals surface area contributed by atoms with Crippen LogP contribution in [0.1, 0.15) is 11.1 Å². The van der Waals surface area contributed by atoms with Crippen molar-refractivity contribution >= 4 is 38.6 Å². The maximum absolute atomic E-state index is 12.2. The Labute approximate surface area is 133 Å². The molecular weight excluding hydrogens is 328 g/mol. The lowest BCUT2D eigenvalue weighted by molar-refractivity contribution is 0.603. The molecule has 0 amide bonds. The third-order valence-corrected chi connectivity index (χ3v) is 5.98. The summed E-state index contributed by atoms with van der Waals surface area (Å²) in [6, 6.07) is 8.32. The minimum absolute atomic E-state index is 0.192. The first-order chi connectivity index (χ1) is 9.92. The summed E-state index contributed by atoms with van der Waals surface area (Å²) in [5.74, 6) is 5.60. The van der Waals surface area contributed by atoms with Crippen LogP contribution >= 0.6 is 22.9 Å². The molecule has 0 saturated carbocycles. The second kappa shape index (κ2) is 6.50. The number of halogens is 1. The van der Waals surface area contributed by atoms with E-state index < -0.39 is 10.0 Å². The van der Waals surface area contributed by atoms with Gasteiger partial charge in [-0.05, 0) is 42.8 Å². The summed E-state index contributed by atoms with van der Waals surface area (Å²) in [4.78, 5) is 0. The number of nitrogens with one attached hydrogen (secondary N) is 1. The van der Waals surface area contributed by atoms with Crippen LogP contribution in [0.4, 0.5) is 5.69 Å². The molecule has 0 saturated heterocycles. The lowest BCUT2D eigenvalue weighted by Gasteiger charge is -2.05. The zero-order valence-electron chi connectivity index (χ0n) is 11.2. The van der Waals surface area contributed by atoms with Crippen molar-refractivity contribution in [1.82, 2.24) is 0 Å². The van der Waals surface area contributed by atoms with E-state index in [9.17, 15) is 8.42 Å². The van der Waals surface area contributed by atoms with Gasteiger partial charge in [-0.1, -0.05) is 23.4 Å². The summed E-state index contributed by atoms with van der Waals surface area (Å²) in [6.07, 6.45) is 0. The van der Waals surface area contributed by atoms with Crippen LogP contribution in [0.5, 0.6) is 0 Å². The number of thiophene rings is 1. The van der Waals surface area contributed by atoms with Crippen LogP contribution in [0.25, 0.3) is 0 Å². The quantitative estimate of drug-likeness (QED) is 0.844. The van der Waals surface area contributed by atoms with Crippen LogP contribution < -0.4 is 10.5 Å². The summed E-state index contributed by atoms with van der Waals surface area (Å²) in [5, 5.41) is 0. The van der Waals surface area contributed by atoms with E-state index in [0.717, 1.165) is 22.5 Å². The fraction of sp³-hybridized carbons (Fsp3) is 0.143. The van der Waals surface area contributed by atoms with Gasteiger partial charge in [0.15, 0.2) is 0 Å². The summed E-state index contributed by atoms with van der Waals surface area (Å²) in [5.41, 5.74) is 7.28. The maximum Gasteiger partial charge on any atom is 0.271 e. The molecule has 4 nitrogen and oxygen atoms in total. The first-order valence-corrected chi connectivity index (χ1v) is 8.68. The van der Waals surface area contributed by atoms with E-state index in [1.807, 2.05) is 0 Å². The van der Waals surface area contributed by atoms with Gasteiger partial charge < -0.3 is 5.73 Å². The first kappa shape index (κ1) is 15.9. The minimum atomic E-state index is -3.62. The van der Waals surface area contributed by atoms with Crippen molar-refractivity contribution < 1.29 is 8.42 Å². The van der Waals surface area contributed by atoms with Crippen molar-refractivity contribution in [2.45, 2.75) is 11.1 Å². The molecule has 1 aromatic carbocycles. The fourth-order valence-electron chi connectivity index (χ4n) is 1.54. The molecule has 2 rings (SSSR count). The van der Waals surface area contributed by atoms with E-state index in [1.54, 1.807) is 37.3 Å². The van der Waals surface area contributed by atoms with Crippen LogP contribution in [0.2, 0.25) is 4.34 Å². The second-order valence-electron chi connectivity index (χ2n) is 4.21. The minimum Gasteiger partial charge on any atom is -0.320 e. The number of nitrogens with two attached hydrogens (primary N) is 1. The molecule has 1 heterocycles. The van der Waals surface area contributed by atoms with Crippen molar-refractivity contribution in [3.63, 3.8) is 0 Å². The van der Waals surface area contributed by atoms with E-state index in [-0.39, 0.29) is 10.8 Å². The van der Waals surface area contributed by atoms with Gasteiger partial charge in [0.25, 0.3) is 10.0 Å². The number of sulfonamides is 1. The van der Waals surface area contributed by atoms with Gasteiger partial charge in [-0.15, -0.1) is 11.3 Å². The van der Waals surface area contributed by atoms with E-state index in [1.165, 1.54) is 0 Å². The predicted octanol–water partition coefficient (Wildman–Crippen LogP) is 2.82. The van der Waals surface area contributed by atoms with E-state index >= 15 is 0 Å². The van der Waals surface area contributed by atoms with Gasteiger partial charge in [-0.25, -0.2) is 8.42 Å². The average Bonchev–Trinajstić information content (AvgIpc) is 2.78. The highest BCUT2D eigenvalue weighted by atomic mass is 35.5. The van der Waals surface area contributed by atoms with Gasteiger partial charge in [0.1, 0.15) is 4.21 Å². The monoisotopic (exact) mass is 340 g/mol. The van der Waals surface area contributed by atoms with Crippen LogP contribution in [-0.4, -0.2) is 15.0 Å². The van der Waals surface area contributed by atoms with Gasteiger partial charge in [0.2, 0.25) is 0 Å². The summed E-state index contributed by atoms with van der Waals surface area (Å²) >= 11 is 6.94. The average molecular weight is 341 g/mol. The smallest absolute Gasteiger partial charge is 0.271 e. The van der Waals surface area contributed by atoms with Crippen LogP contribution in [0.3, 0.4) is 0 Å². The normalized spacial score (nSPS) is 10.8. The Hall–Kier alpha value is -1.52. The van der Waals surface area contributed by atoms with Crippen molar-refractivity contribution in [2.75, 3.05) is 11.3 Å². The number of aryl methyl sites for hydroxylation is 1. The van der Waals surface area contributed by atoms with Gasteiger partial charge in [0.05, 0.1) is 10.9 Å². The van der Waals surface area contributed by atoms with Crippen LogP contribution in [0, 0.1) is 18.8 Å². The fourth-order valence-corrected chi connectivity index (χ4v) is 4.31. The van der Waals surface area contributed by atoms with E-state index in [0.29, 0.717) is 10.0 Å².